The van der Waals surface area contributed by atoms with Crippen LogP contribution in [0.15, 0.2) is 23.8 Å². The second-order valence-electron chi connectivity index (χ2n) is 11.9. The van der Waals surface area contributed by atoms with E-state index in [1.165, 1.54) is 12.0 Å². The van der Waals surface area contributed by atoms with Crippen LogP contribution in [0.5, 0.6) is 11.5 Å². The molecule has 5 aliphatic heterocycles. The number of aliphatic hydroxyl groups is 3. The van der Waals surface area contributed by atoms with E-state index >= 15 is 0 Å². The number of benzene rings is 1. The van der Waals surface area contributed by atoms with Gasteiger partial charge in [0.15, 0.2) is 23.7 Å². The van der Waals surface area contributed by atoms with Crippen molar-refractivity contribution in [2.45, 2.75) is 67.6 Å². The number of rotatable bonds is 7. The molecule has 6 aliphatic rings. The molecule has 42 heavy (non-hydrogen) atoms. The highest BCUT2D eigenvalue weighted by atomic mass is 16.5. The van der Waals surface area contributed by atoms with E-state index < -0.39 is 36.7 Å². The summed E-state index contributed by atoms with van der Waals surface area (Å²) in [6, 6.07) is 4.87. The molecule has 7 rings (SSSR count). The molecule has 3 saturated heterocycles. The Morgan fingerprint density at radius 3 is 2.50 bits per heavy atom. The first-order chi connectivity index (χ1) is 20.0. The fourth-order valence-electron chi connectivity index (χ4n) is 8.49. The molecule has 1 aromatic rings. The van der Waals surface area contributed by atoms with E-state index in [1.54, 1.807) is 19.8 Å². The monoisotopic (exact) mass is 588 g/mol. The zero-order valence-corrected chi connectivity index (χ0v) is 23.4. The van der Waals surface area contributed by atoms with Crippen LogP contribution in [0.1, 0.15) is 31.2 Å². The number of carboxylic acid groups (broad SMARTS) is 2. The first-order valence-electron chi connectivity index (χ1n) is 14.2. The topological polar surface area (TPSA) is 187 Å². The summed E-state index contributed by atoms with van der Waals surface area (Å²) in [6.45, 7) is 2.80. The van der Waals surface area contributed by atoms with Crippen molar-refractivity contribution in [1.29, 1.82) is 0 Å². The maximum Gasteiger partial charge on any atom is 0.335 e. The second-order valence-corrected chi connectivity index (χ2v) is 11.9. The summed E-state index contributed by atoms with van der Waals surface area (Å²) < 4.78 is 17.6. The summed E-state index contributed by atoms with van der Waals surface area (Å²) in [5.41, 5.74) is 3.85. The predicted octanol–water partition coefficient (Wildman–Crippen LogP) is -0.262. The van der Waals surface area contributed by atoms with Gasteiger partial charge in [0.2, 0.25) is 5.91 Å². The van der Waals surface area contributed by atoms with E-state index in [-0.39, 0.29) is 23.5 Å². The molecule has 0 radical (unpaired) electrons. The van der Waals surface area contributed by atoms with Gasteiger partial charge in [-0.2, -0.15) is 0 Å². The Morgan fingerprint density at radius 1 is 1.12 bits per heavy atom. The molecule has 5 N–H and O–H groups in total. The molecule has 1 aliphatic carbocycles. The third kappa shape index (κ3) is 4.13. The predicted molar refractivity (Wildman–Crippen MR) is 144 cm³/mol. The van der Waals surface area contributed by atoms with Crippen LogP contribution in [0.3, 0.4) is 0 Å². The minimum atomic E-state index is -2.09. The zero-order chi connectivity index (χ0) is 30.1. The number of methoxy groups -OCH3 is 2. The third-order valence-electron chi connectivity index (χ3n) is 10.2. The quantitative estimate of drug-likeness (QED) is 0.263. The highest BCUT2D eigenvalue weighted by molar-refractivity contribution is 5.99. The average molecular weight is 589 g/mol. The first-order valence-corrected chi connectivity index (χ1v) is 14.2. The summed E-state index contributed by atoms with van der Waals surface area (Å²) in [5.74, 6) is -0.688. The van der Waals surface area contributed by atoms with Crippen molar-refractivity contribution in [3.05, 3.63) is 29.3 Å². The number of aliphatic carboxylic acids is 2. The van der Waals surface area contributed by atoms with Crippen LogP contribution in [-0.4, -0.2) is 119 Å². The van der Waals surface area contributed by atoms with Crippen molar-refractivity contribution in [3.63, 3.8) is 0 Å². The van der Waals surface area contributed by atoms with E-state index in [0.717, 1.165) is 30.9 Å². The Labute approximate surface area is 241 Å². The summed E-state index contributed by atoms with van der Waals surface area (Å²) in [6.07, 6.45) is -1.40. The standard InChI is InChI=1S/C23H26N2O4.C6H10O7/c1-27-16-8-14-15(9-17(16)28-2)25-20(26)10-18-21-13-7-19-23(14,22(21)25)4-5-24(19)11-12(13)3-6-29-18;7-2(4(9)6(12)13)1-3(8)5(10)11/h3,8-9,13,18-19,21-22H,4-7,10-11H2,1-2H3;2-4,7-9H,1H2,(H,10,11)(H,12,13). The third-order valence-corrected chi connectivity index (χ3v) is 10.2. The maximum atomic E-state index is 13.5. The van der Waals surface area contributed by atoms with Crippen LogP contribution in [0, 0.1) is 11.8 Å². The van der Waals surface area contributed by atoms with Gasteiger partial charge in [0, 0.05) is 36.4 Å². The highest BCUT2D eigenvalue weighted by Gasteiger charge is 2.71. The van der Waals surface area contributed by atoms with Crippen LogP contribution < -0.4 is 14.4 Å². The molecule has 9 unspecified atom stereocenters. The number of ether oxygens (including phenoxy) is 3. The average Bonchev–Trinajstić information content (AvgIpc) is 3.43. The molecule has 4 fully saturated rings. The molecular weight excluding hydrogens is 552 g/mol. The van der Waals surface area contributed by atoms with Crippen LogP contribution in [0.25, 0.3) is 0 Å². The minimum absolute atomic E-state index is 0.0242. The van der Waals surface area contributed by atoms with Crippen molar-refractivity contribution in [2.24, 2.45) is 11.8 Å². The summed E-state index contributed by atoms with van der Waals surface area (Å²) in [5, 5.41) is 42.5. The van der Waals surface area contributed by atoms with Crippen molar-refractivity contribution in [1.82, 2.24) is 4.90 Å². The van der Waals surface area contributed by atoms with E-state index in [4.69, 9.17) is 39.7 Å². The number of piperidine rings is 2. The van der Waals surface area contributed by atoms with Gasteiger partial charge in [0.1, 0.15) is 0 Å². The Morgan fingerprint density at radius 2 is 1.83 bits per heavy atom. The SMILES string of the molecule is COc1cc2c(cc1OC)C13CCN4CC5=CCOC6CC(=O)N2C1C6C5CC43.O=C(O)C(O)CC(O)C(O)C(=O)O. The molecule has 1 amide bonds. The molecule has 13 heteroatoms. The van der Waals surface area contributed by atoms with Crippen LogP contribution in [0.2, 0.25) is 0 Å². The van der Waals surface area contributed by atoms with E-state index in [1.807, 2.05) is 6.07 Å². The van der Waals surface area contributed by atoms with E-state index in [0.29, 0.717) is 36.7 Å². The number of amides is 1. The molecule has 1 saturated carbocycles. The van der Waals surface area contributed by atoms with Crippen LogP contribution in [0.4, 0.5) is 5.69 Å². The van der Waals surface area contributed by atoms with Gasteiger partial charge in [-0.15, -0.1) is 0 Å². The van der Waals surface area contributed by atoms with Crippen molar-refractivity contribution in [2.75, 3.05) is 38.8 Å². The van der Waals surface area contributed by atoms with E-state index in [9.17, 15) is 14.4 Å². The van der Waals surface area contributed by atoms with Crippen molar-refractivity contribution < 1.29 is 54.1 Å². The van der Waals surface area contributed by atoms with Crippen molar-refractivity contribution in [3.8, 4) is 11.5 Å². The molecule has 5 heterocycles. The van der Waals surface area contributed by atoms with Gasteiger partial charge in [0.05, 0.1) is 51.2 Å². The van der Waals surface area contributed by atoms with Crippen molar-refractivity contribution >= 4 is 23.5 Å². The smallest absolute Gasteiger partial charge is 0.335 e. The summed E-state index contributed by atoms with van der Waals surface area (Å²) >= 11 is 0. The number of carbonyl (C=O) groups excluding carboxylic acids is 1. The van der Waals surface area contributed by atoms with Gasteiger partial charge in [-0.1, -0.05) is 11.6 Å². The normalized spacial score (nSPS) is 33.7. The Kier molecular flexibility index (Phi) is 7.21. The molecule has 1 spiro atoms. The fourth-order valence-corrected chi connectivity index (χ4v) is 8.49. The van der Waals surface area contributed by atoms with Gasteiger partial charge < -0.3 is 44.6 Å². The largest absolute Gasteiger partial charge is 0.493 e. The Hall–Kier alpha value is -3.23. The molecule has 2 bridgehead atoms. The maximum absolute atomic E-state index is 13.5. The second kappa shape index (κ2) is 10.5. The van der Waals surface area contributed by atoms with Gasteiger partial charge in [0.25, 0.3) is 0 Å². The number of aliphatic hydroxyl groups excluding tert-OH is 3. The molecule has 228 valence electrons. The minimum Gasteiger partial charge on any atom is -0.493 e. The molecule has 13 nitrogen and oxygen atoms in total. The first kappa shape index (κ1) is 28.9. The lowest BCUT2D eigenvalue weighted by molar-refractivity contribution is -0.158. The number of anilines is 1. The lowest BCUT2D eigenvalue weighted by atomic mass is 9.53. The number of nitrogens with zero attached hydrogens (tertiary/aromatic N) is 2. The van der Waals surface area contributed by atoms with Crippen LogP contribution >= 0.6 is 0 Å². The number of carbonyl (C=O) groups is 3. The lowest BCUT2D eigenvalue weighted by Crippen LogP contribution is -2.69. The van der Waals surface area contributed by atoms with Crippen LogP contribution in [-0.2, 0) is 24.5 Å². The van der Waals surface area contributed by atoms with E-state index in [2.05, 4.69) is 21.9 Å². The number of hydrogen-bond donors (Lipinski definition) is 5. The highest BCUT2D eigenvalue weighted by Crippen LogP contribution is 2.66. The Bertz CT molecular complexity index is 1330. The number of carboxylic acids is 2. The molecule has 0 aromatic heterocycles. The van der Waals surface area contributed by atoms with Gasteiger partial charge in [-0.05, 0) is 36.9 Å². The molecule has 9 atom stereocenters. The fraction of sp³-hybridized carbons (Fsp3) is 0.621. The molecule has 1 aromatic carbocycles. The summed E-state index contributed by atoms with van der Waals surface area (Å²) in [7, 11) is 3.36. The van der Waals surface area contributed by atoms with Gasteiger partial charge in [-0.25, -0.2) is 9.59 Å². The zero-order valence-electron chi connectivity index (χ0n) is 23.4. The molecular formula is C29H36N2O11. The van der Waals surface area contributed by atoms with Gasteiger partial charge in [-0.3, -0.25) is 9.69 Å². The number of hydrogen-bond acceptors (Lipinski definition) is 10. The van der Waals surface area contributed by atoms with Gasteiger partial charge >= 0.3 is 11.9 Å². The summed E-state index contributed by atoms with van der Waals surface area (Å²) in [4.78, 5) is 38.4. The lowest BCUT2D eigenvalue weighted by Gasteiger charge is -2.58. The number of fused-ring (bicyclic) bond motifs is 2. The Balaban J connectivity index is 0.000000209.